The van der Waals surface area contributed by atoms with Gasteiger partial charge in [0.2, 0.25) is 5.78 Å². The van der Waals surface area contributed by atoms with Gasteiger partial charge in [-0.05, 0) is 70.6 Å². The molecule has 0 bridgehead atoms. The van der Waals surface area contributed by atoms with Gasteiger partial charge in [0.1, 0.15) is 5.76 Å². The minimum Gasteiger partial charge on any atom is -0.506 e. The molecule has 0 saturated heterocycles. The second kappa shape index (κ2) is 13.1. The molecule has 0 aromatic heterocycles. The number of aliphatic hydroxyl groups is 1. The third kappa shape index (κ3) is 5.36. The molecule has 9 rings (SSSR count). The molecule has 2 aliphatic heterocycles. The zero-order valence-electron chi connectivity index (χ0n) is 29.6. The van der Waals surface area contributed by atoms with Crippen molar-refractivity contribution >= 4 is 80.4 Å². The molecule has 0 fully saturated rings. The van der Waals surface area contributed by atoms with Crippen LogP contribution < -0.4 is 37.2 Å². The molecule has 8 heteroatoms. The van der Waals surface area contributed by atoms with Gasteiger partial charge in [-0.2, -0.15) is 0 Å². The van der Waals surface area contributed by atoms with E-state index < -0.39 is 0 Å². The minimum absolute atomic E-state index is 0.00822. The lowest BCUT2D eigenvalue weighted by Gasteiger charge is -2.31. The molecule has 3 aliphatic rings. The van der Waals surface area contributed by atoms with Crippen molar-refractivity contribution in [2.75, 3.05) is 15.7 Å². The minimum atomic E-state index is -0.321. The topological polar surface area (TPSA) is 85.8 Å². The Morgan fingerprint density at radius 3 is 1.90 bits per heavy atom. The normalized spacial score (nSPS) is 15.6. The maximum atomic E-state index is 14.4. The van der Waals surface area contributed by atoms with Crippen LogP contribution in [0.1, 0.15) is 56.2 Å². The fourth-order valence-electron chi connectivity index (χ4n) is 8.05. The van der Waals surface area contributed by atoms with Crippen molar-refractivity contribution in [2.24, 2.45) is 4.90 Å². The van der Waals surface area contributed by atoms with Gasteiger partial charge in [0.15, 0.2) is 0 Å². The van der Waals surface area contributed by atoms with Gasteiger partial charge in [0, 0.05) is 38.6 Å². The molecule has 0 amide bonds. The molecule has 1 aliphatic carbocycles. The number of Topliss-reactive ketones (excluding diaryl/α,β-unsaturated/α-hetero) is 1. The highest BCUT2D eigenvalue weighted by molar-refractivity contribution is 6.80. The molecule has 52 heavy (non-hydrogen) atoms. The van der Waals surface area contributed by atoms with Crippen molar-refractivity contribution in [3.8, 4) is 0 Å². The van der Waals surface area contributed by atoms with Crippen LogP contribution in [0.5, 0.6) is 0 Å². The summed E-state index contributed by atoms with van der Waals surface area (Å²) in [6.45, 7) is 3.90. The van der Waals surface area contributed by atoms with Crippen LogP contribution >= 0.6 is 0 Å². The van der Waals surface area contributed by atoms with E-state index in [0.29, 0.717) is 21.9 Å². The van der Waals surface area contributed by atoms with Gasteiger partial charge in [0.25, 0.3) is 0 Å². The van der Waals surface area contributed by atoms with Crippen LogP contribution in [0.15, 0.2) is 120 Å². The summed E-state index contributed by atoms with van der Waals surface area (Å²) in [4.78, 5) is 19.6. The van der Waals surface area contributed by atoms with E-state index in [1.165, 1.54) is 24.0 Å². The summed E-state index contributed by atoms with van der Waals surface area (Å²) in [5, 5.41) is 28.3. The summed E-state index contributed by atoms with van der Waals surface area (Å²) in [6, 6.07) is 37.7. The quantitative estimate of drug-likeness (QED) is 0.123. The molecule has 254 valence electrons. The number of aryl methyl sites for hydroxylation is 2. The highest BCUT2D eigenvalue weighted by Gasteiger charge is 2.39. The molecule has 6 aromatic rings. The standard InChI is InChI=1S/C44H40B2N4O2/c1-3-5-9-27-15-21-31(22-16-27)45-47-35-13-7-11-29-19-25-33(41(49-45)37(29)35)39-43(51)40(44(39)52)34-26-20-30-12-8-14-36-38(30)42(34)50-46(48-36)32-23-17-28(18-24-32)10-6-4-2/h7-8,11-26,47-49,51H,3-6,9-10H2,1-2H3. The average Bonchev–Trinajstić information content (AvgIpc) is 3.18. The number of benzene rings is 6. The maximum Gasteiger partial charge on any atom is 0.427 e. The number of nitrogens with zero attached hydrogens (tertiary/aromatic N) is 1. The van der Waals surface area contributed by atoms with Crippen LogP contribution in [-0.4, -0.2) is 24.9 Å². The van der Waals surface area contributed by atoms with Crippen molar-refractivity contribution in [3.63, 3.8) is 0 Å². The summed E-state index contributed by atoms with van der Waals surface area (Å²) in [5.74, 6) is -0.171. The fraction of sp³-hybridized carbons (Fsp3) is 0.182. The monoisotopic (exact) mass is 678 g/mol. The summed E-state index contributed by atoms with van der Waals surface area (Å²) >= 11 is 0. The van der Waals surface area contributed by atoms with Crippen LogP contribution in [0, 0.1) is 0 Å². The molecule has 6 aromatic carbocycles. The van der Waals surface area contributed by atoms with Gasteiger partial charge in [0.05, 0.1) is 16.5 Å². The van der Waals surface area contributed by atoms with Gasteiger partial charge in [-0.1, -0.05) is 124 Å². The fourth-order valence-corrected chi connectivity index (χ4v) is 8.05. The number of rotatable bonds is 9. The van der Waals surface area contributed by atoms with E-state index in [4.69, 9.17) is 4.90 Å². The van der Waals surface area contributed by atoms with E-state index in [1.807, 2.05) is 36.4 Å². The lowest BCUT2D eigenvalue weighted by molar-refractivity contribution is -0.109. The summed E-state index contributed by atoms with van der Waals surface area (Å²) < 4.78 is 0. The number of allylic oxidation sites excluding steroid dienone is 2. The molecular formula is C44H40B2N4O2. The van der Waals surface area contributed by atoms with Crippen molar-refractivity contribution in [2.45, 2.75) is 52.4 Å². The third-order valence-corrected chi connectivity index (χ3v) is 10.9. The lowest BCUT2D eigenvalue weighted by atomic mass is 9.65. The summed E-state index contributed by atoms with van der Waals surface area (Å²) in [7, 11) is 0. The van der Waals surface area contributed by atoms with E-state index in [9.17, 15) is 9.90 Å². The number of nitrogens with one attached hydrogen (secondary N) is 3. The van der Waals surface area contributed by atoms with E-state index in [1.54, 1.807) is 0 Å². The SMILES string of the molecule is CCCCc1ccc(B2N=c3c(=C4C(=O)C(c5ccc6cccc7c6c5NB(c5ccc(CCCC)cc5)N7)=C4O)ccc4cccc(c34)N2)cc1. The van der Waals surface area contributed by atoms with Gasteiger partial charge >= 0.3 is 14.0 Å². The first kappa shape index (κ1) is 32.2. The van der Waals surface area contributed by atoms with E-state index in [0.717, 1.165) is 80.6 Å². The Hall–Kier alpha value is -5.75. The van der Waals surface area contributed by atoms with Gasteiger partial charge in [-0.25, -0.2) is 0 Å². The van der Waals surface area contributed by atoms with Crippen LogP contribution in [0.4, 0.5) is 17.1 Å². The highest BCUT2D eigenvalue weighted by Crippen LogP contribution is 2.45. The first-order valence-corrected chi connectivity index (χ1v) is 18.7. The zero-order chi connectivity index (χ0) is 35.3. The predicted octanol–water partition coefficient (Wildman–Crippen LogP) is 7.05. The maximum absolute atomic E-state index is 14.4. The largest absolute Gasteiger partial charge is 0.506 e. The van der Waals surface area contributed by atoms with Gasteiger partial charge in [-0.15, -0.1) is 0 Å². The van der Waals surface area contributed by atoms with E-state index >= 15 is 0 Å². The third-order valence-electron chi connectivity index (χ3n) is 10.9. The van der Waals surface area contributed by atoms with Gasteiger partial charge in [-0.3, -0.25) is 4.79 Å². The summed E-state index contributed by atoms with van der Waals surface area (Å²) in [6.07, 6.45) is 6.80. The molecule has 0 unspecified atom stereocenters. The molecule has 6 nitrogen and oxygen atoms in total. The second-order valence-electron chi connectivity index (χ2n) is 14.3. The molecule has 2 heterocycles. The number of carbonyl (C=O) groups excluding carboxylic acids is 1. The van der Waals surface area contributed by atoms with Crippen LogP contribution in [0.25, 0.3) is 32.7 Å². The molecule has 4 N–H and O–H groups in total. The Morgan fingerprint density at radius 2 is 1.25 bits per heavy atom. The molecule has 0 atom stereocenters. The number of ketones is 1. The average molecular weight is 678 g/mol. The Labute approximate surface area is 304 Å². The first-order valence-electron chi connectivity index (χ1n) is 18.7. The number of hydrogen-bond donors (Lipinski definition) is 4. The van der Waals surface area contributed by atoms with Gasteiger partial charge < -0.3 is 25.7 Å². The number of unbranched alkanes of at least 4 members (excludes halogenated alkanes) is 2. The Morgan fingerprint density at radius 1 is 0.635 bits per heavy atom. The summed E-state index contributed by atoms with van der Waals surface area (Å²) in [5.41, 5.74) is 8.96. The second-order valence-corrected chi connectivity index (χ2v) is 14.3. The molecular weight excluding hydrogens is 638 g/mol. The van der Waals surface area contributed by atoms with Crippen molar-refractivity contribution < 1.29 is 9.90 Å². The Kier molecular flexibility index (Phi) is 8.10. The van der Waals surface area contributed by atoms with E-state index in [2.05, 4.69) is 102 Å². The zero-order valence-corrected chi connectivity index (χ0v) is 29.6. The number of anilines is 3. The Balaban J connectivity index is 1.15. The van der Waals surface area contributed by atoms with Crippen molar-refractivity contribution in [1.82, 2.24) is 0 Å². The molecule has 0 radical (unpaired) electrons. The molecule has 0 saturated carbocycles. The van der Waals surface area contributed by atoms with Crippen LogP contribution in [-0.2, 0) is 17.6 Å². The number of hydrogen-bond acceptors (Lipinski definition) is 6. The van der Waals surface area contributed by atoms with Crippen LogP contribution in [0.2, 0.25) is 0 Å². The number of aliphatic hydroxyl groups excluding tert-OH is 1. The van der Waals surface area contributed by atoms with E-state index in [-0.39, 0.29) is 25.5 Å². The van der Waals surface area contributed by atoms with Crippen molar-refractivity contribution in [3.05, 3.63) is 142 Å². The smallest absolute Gasteiger partial charge is 0.427 e. The molecule has 0 spiro atoms. The number of carbonyl (C=O) groups is 1. The van der Waals surface area contributed by atoms with Crippen molar-refractivity contribution in [1.29, 1.82) is 0 Å². The lowest BCUT2D eigenvalue weighted by Crippen LogP contribution is -2.48. The first-order chi connectivity index (χ1) is 25.5. The highest BCUT2D eigenvalue weighted by atomic mass is 16.3. The predicted molar refractivity (Wildman–Crippen MR) is 218 cm³/mol. The Bertz CT molecular complexity index is 2560. The van der Waals surface area contributed by atoms with Crippen LogP contribution in [0.3, 0.4) is 0 Å².